The summed E-state index contributed by atoms with van der Waals surface area (Å²) in [6.45, 7) is 0. The van der Waals surface area contributed by atoms with E-state index in [0.717, 1.165) is 55.7 Å². The van der Waals surface area contributed by atoms with Crippen LogP contribution in [-0.4, -0.2) is 4.57 Å². The predicted octanol–water partition coefficient (Wildman–Crippen LogP) is 14.5. The second kappa shape index (κ2) is 13.1. The van der Waals surface area contributed by atoms with E-state index in [0.29, 0.717) is 6.04 Å². The first-order valence-corrected chi connectivity index (χ1v) is 18.7. The third-order valence-electron chi connectivity index (χ3n) is 10.1. The summed E-state index contributed by atoms with van der Waals surface area (Å²) in [6.07, 6.45) is 0. The van der Waals surface area contributed by atoms with Crippen molar-refractivity contribution in [3.63, 3.8) is 0 Å². The fourth-order valence-corrected chi connectivity index (χ4v) is 8.63. The second-order valence-electron chi connectivity index (χ2n) is 13.3. The summed E-state index contributed by atoms with van der Waals surface area (Å²) in [4.78, 5) is 4.84. The molecule has 0 saturated heterocycles. The van der Waals surface area contributed by atoms with E-state index >= 15 is 0 Å². The van der Waals surface area contributed by atoms with Crippen LogP contribution in [0, 0.1) is 0 Å². The van der Waals surface area contributed by atoms with Crippen LogP contribution in [0.3, 0.4) is 0 Å². The molecule has 0 saturated carbocycles. The first kappa shape index (κ1) is 30.0. The predicted molar refractivity (Wildman–Crippen MR) is 227 cm³/mol. The van der Waals surface area contributed by atoms with Gasteiger partial charge in [-0.15, -0.1) is 11.3 Å². The largest absolute Gasteiger partial charge is 0.310 e. The van der Waals surface area contributed by atoms with Gasteiger partial charge in [-0.1, -0.05) is 133 Å². The molecule has 0 fully saturated rings. The molecule has 2 heterocycles. The summed E-state index contributed by atoms with van der Waals surface area (Å²) in [5, 5.41) is 4.64. The molecule has 3 heteroatoms. The fourth-order valence-electron chi connectivity index (χ4n) is 7.63. The first-order chi connectivity index (χ1) is 26.7. The molecular formula is C50H34N2S. The van der Waals surface area contributed by atoms with Gasteiger partial charge in [0.2, 0.25) is 0 Å². The summed E-state index contributed by atoms with van der Waals surface area (Å²) in [5.41, 5.74) is 11.4. The Morgan fingerprint density at radius 3 is 1.92 bits per heavy atom. The molecule has 0 aliphatic heterocycles. The Hall–Kier alpha value is -6.68. The van der Waals surface area contributed by atoms with Crippen molar-refractivity contribution in [3.05, 3.63) is 206 Å². The van der Waals surface area contributed by atoms with E-state index in [9.17, 15) is 0 Å². The maximum atomic E-state index is 8.55. The molecule has 0 bridgehead atoms. The van der Waals surface area contributed by atoms with E-state index in [2.05, 4.69) is 198 Å². The van der Waals surface area contributed by atoms with Gasteiger partial charge in [0.1, 0.15) is 0 Å². The zero-order chi connectivity index (χ0) is 36.0. The maximum absolute atomic E-state index is 8.55. The number of hydrogen-bond donors (Lipinski definition) is 0. The van der Waals surface area contributed by atoms with E-state index in [4.69, 9.17) is 1.37 Å². The lowest BCUT2D eigenvalue weighted by molar-refractivity contribution is 1.18. The average molecular weight is 696 g/mol. The summed E-state index contributed by atoms with van der Waals surface area (Å²) in [5.74, 6) is 0. The molecule has 8 aromatic carbocycles. The van der Waals surface area contributed by atoms with Crippen LogP contribution in [0.4, 0.5) is 17.1 Å². The van der Waals surface area contributed by atoms with E-state index < -0.39 is 0 Å². The summed E-state index contributed by atoms with van der Waals surface area (Å²) >= 11 is 1.82. The molecule has 0 aliphatic rings. The van der Waals surface area contributed by atoms with Crippen LogP contribution >= 0.6 is 11.3 Å². The van der Waals surface area contributed by atoms with Gasteiger partial charge in [0.15, 0.2) is 0 Å². The van der Waals surface area contributed by atoms with Crippen molar-refractivity contribution >= 4 is 61.0 Å². The maximum Gasteiger partial charge on any atom is 0.0623 e. The molecule has 10 rings (SSSR count). The highest BCUT2D eigenvalue weighted by molar-refractivity contribution is 7.18. The van der Waals surface area contributed by atoms with Gasteiger partial charge >= 0.3 is 0 Å². The summed E-state index contributed by atoms with van der Waals surface area (Å²) < 4.78 is 10.9. The van der Waals surface area contributed by atoms with Gasteiger partial charge in [-0.3, -0.25) is 0 Å². The number of aromatic nitrogens is 1. The Labute approximate surface area is 314 Å². The molecular weight excluding hydrogens is 661 g/mol. The zero-order valence-corrected chi connectivity index (χ0v) is 29.7. The molecule has 250 valence electrons. The Kier molecular flexibility index (Phi) is 7.43. The Morgan fingerprint density at radius 1 is 0.415 bits per heavy atom. The number of benzene rings is 8. The van der Waals surface area contributed by atoms with Crippen LogP contribution in [0.2, 0.25) is 0 Å². The van der Waals surface area contributed by atoms with Gasteiger partial charge in [-0.25, -0.2) is 0 Å². The summed E-state index contributed by atoms with van der Waals surface area (Å²) in [7, 11) is 0. The molecule has 0 N–H and O–H groups in total. The van der Waals surface area contributed by atoms with Crippen LogP contribution in [0.5, 0.6) is 0 Å². The molecule has 0 spiro atoms. The van der Waals surface area contributed by atoms with Crippen molar-refractivity contribution in [2.24, 2.45) is 0 Å². The third-order valence-corrected chi connectivity index (χ3v) is 11.3. The van der Waals surface area contributed by atoms with Crippen molar-refractivity contribution in [2.45, 2.75) is 0 Å². The summed E-state index contributed by atoms with van der Waals surface area (Å²) in [6, 6.07) is 71.6. The molecule has 0 unspecified atom stereocenters. The van der Waals surface area contributed by atoms with Crippen molar-refractivity contribution in [3.8, 4) is 37.7 Å². The number of fused-ring (bicyclic) bond motifs is 4. The van der Waals surface area contributed by atoms with Crippen molar-refractivity contribution in [1.29, 1.82) is 0 Å². The zero-order valence-electron chi connectivity index (χ0n) is 29.9. The molecule has 10 aromatic rings. The van der Waals surface area contributed by atoms with Gasteiger partial charge in [-0.2, -0.15) is 0 Å². The highest BCUT2D eigenvalue weighted by atomic mass is 32.1. The number of para-hydroxylation sites is 2. The standard InChI is InChI=1S/C50H34N2S/c1-3-14-37(15-4-1)49-31-32-50(53-49)39-17-11-20-42(33-39)52-47-23-10-9-22-44(47)45-34-38(27-30-48(45)52)35-25-28-41(29-26-35)51(40-18-5-2-6-19-40)46-24-12-16-36-13-7-8-21-43(36)46/h1-34H/i9D. The van der Waals surface area contributed by atoms with E-state index in [1.807, 2.05) is 23.5 Å². The van der Waals surface area contributed by atoms with E-state index in [1.165, 1.54) is 31.7 Å². The normalized spacial score (nSPS) is 11.7. The number of rotatable bonds is 7. The average Bonchev–Trinajstić information content (AvgIpc) is 3.86. The molecule has 0 radical (unpaired) electrons. The van der Waals surface area contributed by atoms with Crippen LogP contribution in [0.1, 0.15) is 1.37 Å². The third kappa shape index (κ3) is 5.59. The minimum absolute atomic E-state index is 0.506. The van der Waals surface area contributed by atoms with Crippen LogP contribution in [0.15, 0.2) is 206 Å². The quantitative estimate of drug-likeness (QED) is 0.161. The molecule has 0 amide bonds. The Balaban J connectivity index is 1.05. The minimum atomic E-state index is 0.506. The topological polar surface area (TPSA) is 8.17 Å². The first-order valence-electron chi connectivity index (χ1n) is 18.4. The Bertz CT molecular complexity index is 2940. The number of anilines is 3. The Morgan fingerprint density at radius 2 is 1.08 bits per heavy atom. The van der Waals surface area contributed by atoms with E-state index in [1.54, 1.807) is 0 Å². The van der Waals surface area contributed by atoms with Gasteiger partial charge in [0, 0.05) is 43.0 Å². The van der Waals surface area contributed by atoms with Gasteiger partial charge in [0.05, 0.1) is 18.1 Å². The molecule has 0 aliphatic carbocycles. The lowest BCUT2D eigenvalue weighted by Crippen LogP contribution is -2.10. The minimum Gasteiger partial charge on any atom is -0.310 e. The van der Waals surface area contributed by atoms with E-state index in [-0.39, 0.29) is 0 Å². The smallest absolute Gasteiger partial charge is 0.0623 e. The number of thiophene rings is 1. The molecule has 53 heavy (non-hydrogen) atoms. The lowest BCUT2D eigenvalue weighted by Gasteiger charge is -2.27. The number of hydrogen-bond acceptors (Lipinski definition) is 2. The monoisotopic (exact) mass is 695 g/mol. The fraction of sp³-hybridized carbons (Fsp3) is 0. The van der Waals surface area contributed by atoms with Gasteiger partial charge in [-0.05, 0) is 100 Å². The van der Waals surface area contributed by atoms with Crippen LogP contribution < -0.4 is 4.90 Å². The van der Waals surface area contributed by atoms with Crippen LogP contribution in [-0.2, 0) is 0 Å². The molecule has 2 aromatic heterocycles. The SMILES string of the molecule is [2H]c1ccc2c(c1)c1cc(-c3ccc(N(c4ccccc4)c4cccc5ccccc45)cc3)ccc1n2-c1cccc(-c2ccc(-c3ccccc3)s2)c1. The van der Waals surface area contributed by atoms with Crippen molar-refractivity contribution in [2.75, 3.05) is 4.90 Å². The molecule has 2 nitrogen and oxygen atoms in total. The van der Waals surface area contributed by atoms with Crippen LogP contribution in [0.25, 0.3) is 70.3 Å². The second-order valence-corrected chi connectivity index (χ2v) is 14.4. The van der Waals surface area contributed by atoms with Crippen molar-refractivity contribution in [1.82, 2.24) is 4.57 Å². The highest BCUT2D eigenvalue weighted by Crippen LogP contribution is 2.41. The van der Waals surface area contributed by atoms with Gasteiger partial charge in [0.25, 0.3) is 0 Å². The van der Waals surface area contributed by atoms with Gasteiger partial charge < -0.3 is 9.47 Å². The molecule has 0 atom stereocenters. The lowest BCUT2D eigenvalue weighted by atomic mass is 10.0. The highest BCUT2D eigenvalue weighted by Gasteiger charge is 2.17. The van der Waals surface area contributed by atoms with Crippen molar-refractivity contribution < 1.29 is 1.37 Å². The number of nitrogens with zero attached hydrogens (tertiary/aromatic N) is 2.